The molecule has 0 unspecified atom stereocenters. The topological polar surface area (TPSA) is 91.7 Å². The molecular formula is C23H28FN3O4. The summed E-state index contributed by atoms with van der Waals surface area (Å²) >= 11 is 0. The second-order valence-corrected chi connectivity index (χ2v) is 7.86. The van der Waals surface area contributed by atoms with Gasteiger partial charge in [-0.05, 0) is 56.4 Å². The second kappa shape index (κ2) is 10.2. The number of furan rings is 1. The first kappa shape index (κ1) is 22.5. The van der Waals surface area contributed by atoms with E-state index in [1.807, 2.05) is 13.8 Å². The van der Waals surface area contributed by atoms with E-state index >= 15 is 0 Å². The number of rotatable bonds is 7. The number of halogens is 1. The highest BCUT2D eigenvalue weighted by atomic mass is 19.1. The van der Waals surface area contributed by atoms with E-state index in [0.717, 1.165) is 6.42 Å². The number of hydrogen-bond acceptors (Lipinski definition) is 4. The zero-order chi connectivity index (χ0) is 22.4. The molecule has 0 radical (unpaired) electrons. The minimum Gasteiger partial charge on any atom is -0.459 e. The Morgan fingerprint density at radius 1 is 1.13 bits per heavy atom. The molecular weight excluding hydrogens is 401 g/mol. The van der Waals surface area contributed by atoms with E-state index in [1.54, 1.807) is 23.1 Å². The van der Waals surface area contributed by atoms with Crippen LogP contribution in [0.15, 0.2) is 47.1 Å². The van der Waals surface area contributed by atoms with Gasteiger partial charge < -0.3 is 20.0 Å². The Morgan fingerprint density at radius 2 is 1.84 bits per heavy atom. The van der Waals surface area contributed by atoms with Crippen LogP contribution in [0.5, 0.6) is 0 Å². The summed E-state index contributed by atoms with van der Waals surface area (Å²) in [7, 11) is 0. The largest absolute Gasteiger partial charge is 0.459 e. The van der Waals surface area contributed by atoms with Crippen molar-refractivity contribution in [2.75, 3.05) is 13.1 Å². The highest BCUT2D eigenvalue weighted by Crippen LogP contribution is 2.23. The summed E-state index contributed by atoms with van der Waals surface area (Å²) in [6, 6.07) is 8.08. The summed E-state index contributed by atoms with van der Waals surface area (Å²) in [4.78, 5) is 39.8. The molecule has 1 aliphatic rings. The number of nitrogens with zero attached hydrogens (tertiary/aromatic N) is 1. The van der Waals surface area contributed by atoms with Crippen LogP contribution in [0, 0.1) is 11.7 Å². The van der Waals surface area contributed by atoms with E-state index in [1.165, 1.54) is 24.5 Å². The number of hydrogen-bond donors (Lipinski definition) is 2. The van der Waals surface area contributed by atoms with Gasteiger partial charge in [0.05, 0.1) is 11.8 Å². The van der Waals surface area contributed by atoms with Gasteiger partial charge in [-0.25, -0.2) is 4.39 Å². The maximum Gasteiger partial charge on any atom is 0.289 e. The van der Waals surface area contributed by atoms with Crippen molar-refractivity contribution >= 4 is 17.7 Å². The Balaban J connectivity index is 1.71. The first-order valence-electron chi connectivity index (χ1n) is 10.6. The van der Waals surface area contributed by atoms with Crippen molar-refractivity contribution in [3.8, 4) is 0 Å². The number of likely N-dealkylation sites (tertiary alicyclic amines) is 1. The predicted octanol–water partition coefficient (Wildman–Crippen LogP) is 2.98. The lowest BCUT2D eigenvalue weighted by Gasteiger charge is -2.35. The van der Waals surface area contributed by atoms with E-state index in [-0.39, 0.29) is 35.1 Å². The second-order valence-electron chi connectivity index (χ2n) is 7.86. The van der Waals surface area contributed by atoms with Crippen LogP contribution < -0.4 is 10.6 Å². The molecule has 0 saturated carbocycles. The fourth-order valence-corrected chi connectivity index (χ4v) is 3.69. The number of carbonyl (C=O) groups is 3. The number of carbonyl (C=O) groups excluding carboxylic acids is 3. The lowest BCUT2D eigenvalue weighted by atomic mass is 9.88. The first-order valence-corrected chi connectivity index (χ1v) is 10.6. The van der Waals surface area contributed by atoms with Crippen LogP contribution in [-0.4, -0.2) is 47.8 Å². The monoisotopic (exact) mass is 429 g/mol. The highest BCUT2D eigenvalue weighted by molar-refractivity contribution is 5.98. The average molecular weight is 429 g/mol. The first-order chi connectivity index (χ1) is 14.9. The molecule has 3 amide bonds. The van der Waals surface area contributed by atoms with Crippen molar-refractivity contribution in [1.82, 2.24) is 15.5 Å². The van der Waals surface area contributed by atoms with E-state index in [2.05, 4.69) is 10.6 Å². The fraction of sp³-hybridized carbons (Fsp3) is 0.435. The maximum atomic E-state index is 14.1. The molecule has 1 saturated heterocycles. The van der Waals surface area contributed by atoms with Crippen LogP contribution in [-0.2, 0) is 4.79 Å². The standard InChI is InChI=1S/C23H28FN3O4/c1-3-15(2)25-22(29)20(26-21(28)17-7-4-5-8-18(17)24)16-10-12-27(13-11-16)23(30)19-9-6-14-31-19/h4-9,14-16,20H,3,10-13H2,1-2H3,(H,25,29)(H,26,28)/t15-,20-/m1/s1. The van der Waals surface area contributed by atoms with E-state index in [9.17, 15) is 18.8 Å². The molecule has 2 aromatic rings. The van der Waals surface area contributed by atoms with Crippen LogP contribution in [0.3, 0.4) is 0 Å². The Hall–Kier alpha value is -3.16. The average Bonchev–Trinajstić information content (AvgIpc) is 3.32. The predicted molar refractivity (Wildman–Crippen MR) is 113 cm³/mol. The van der Waals surface area contributed by atoms with Crippen LogP contribution in [0.25, 0.3) is 0 Å². The van der Waals surface area contributed by atoms with Gasteiger partial charge >= 0.3 is 0 Å². The lowest BCUT2D eigenvalue weighted by molar-refractivity contribution is -0.125. The smallest absolute Gasteiger partial charge is 0.289 e. The van der Waals surface area contributed by atoms with Crippen molar-refractivity contribution in [2.45, 2.75) is 45.2 Å². The quantitative estimate of drug-likeness (QED) is 0.708. The van der Waals surface area contributed by atoms with Crippen LogP contribution in [0.2, 0.25) is 0 Å². The highest BCUT2D eigenvalue weighted by Gasteiger charge is 2.35. The van der Waals surface area contributed by atoms with Crippen LogP contribution >= 0.6 is 0 Å². The normalized spacial score (nSPS) is 16.4. The van der Waals surface area contributed by atoms with Crippen LogP contribution in [0.1, 0.15) is 54.0 Å². The molecule has 166 valence electrons. The van der Waals surface area contributed by atoms with E-state index in [0.29, 0.717) is 25.9 Å². The molecule has 1 aromatic carbocycles. The van der Waals surface area contributed by atoms with Crippen LogP contribution in [0.4, 0.5) is 4.39 Å². The number of amides is 3. The Kier molecular flexibility index (Phi) is 7.44. The third kappa shape index (κ3) is 5.51. The fourth-order valence-electron chi connectivity index (χ4n) is 3.69. The third-order valence-corrected chi connectivity index (χ3v) is 5.72. The van der Waals surface area contributed by atoms with Gasteiger partial charge in [-0.15, -0.1) is 0 Å². The summed E-state index contributed by atoms with van der Waals surface area (Å²) in [5.41, 5.74) is -0.103. The molecule has 1 aliphatic heterocycles. The van der Waals surface area contributed by atoms with E-state index < -0.39 is 17.8 Å². The number of nitrogens with one attached hydrogen (secondary N) is 2. The molecule has 2 atom stereocenters. The van der Waals surface area contributed by atoms with Crippen molar-refractivity contribution in [3.05, 3.63) is 59.8 Å². The number of benzene rings is 1. The molecule has 31 heavy (non-hydrogen) atoms. The van der Waals surface area contributed by atoms with Gasteiger partial charge in [0, 0.05) is 19.1 Å². The minimum atomic E-state index is -0.818. The Morgan fingerprint density at radius 3 is 2.45 bits per heavy atom. The molecule has 0 spiro atoms. The molecule has 2 heterocycles. The van der Waals surface area contributed by atoms with Gasteiger partial charge in [-0.2, -0.15) is 0 Å². The van der Waals surface area contributed by atoms with Gasteiger partial charge in [0.1, 0.15) is 11.9 Å². The minimum absolute atomic E-state index is 0.0546. The molecule has 3 rings (SSSR count). The van der Waals surface area contributed by atoms with Crippen molar-refractivity contribution in [2.24, 2.45) is 5.92 Å². The molecule has 8 heteroatoms. The Labute approximate surface area is 181 Å². The summed E-state index contributed by atoms with van der Waals surface area (Å²) in [6.07, 6.45) is 3.26. The summed E-state index contributed by atoms with van der Waals surface area (Å²) in [5.74, 6) is -1.66. The maximum absolute atomic E-state index is 14.1. The van der Waals surface area contributed by atoms with E-state index in [4.69, 9.17) is 4.42 Å². The van der Waals surface area contributed by atoms with Gasteiger partial charge in [0.15, 0.2) is 5.76 Å². The van der Waals surface area contributed by atoms with Gasteiger partial charge in [-0.3, -0.25) is 14.4 Å². The number of piperidine rings is 1. The molecule has 7 nitrogen and oxygen atoms in total. The molecule has 1 fully saturated rings. The summed E-state index contributed by atoms with van der Waals surface area (Å²) < 4.78 is 19.2. The molecule has 2 N–H and O–H groups in total. The molecule has 1 aromatic heterocycles. The summed E-state index contributed by atoms with van der Waals surface area (Å²) in [5, 5.41) is 5.64. The van der Waals surface area contributed by atoms with Gasteiger partial charge in [0.25, 0.3) is 11.8 Å². The zero-order valence-electron chi connectivity index (χ0n) is 17.8. The Bertz CT molecular complexity index is 907. The van der Waals surface area contributed by atoms with Gasteiger partial charge in [0.2, 0.25) is 5.91 Å². The molecule has 0 bridgehead atoms. The van der Waals surface area contributed by atoms with Crippen molar-refractivity contribution in [1.29, 1.82) is 0 Å². The van der Waals surface area contributed by atoms with Crippen molar-refractivity contribution in [3.63, 3.8) is 0 Å². The third-order valence-electron chi connectivity index (χ3n) is 5.72. The lowest BCUT2D eigenvalue weighted by Crippen LogP contribution is -2.55. The molecule has 0 aliphatic carbocycles. The van der Waals surface area contributed by atoms with Gasteiger partial charge in [-0.1, -0.05) is 19.1 Å². The van der Waals surface area contributed by atoms with Crippen molar-refractivity contribution < 1.29 is 23.2 Å². The SMILES string of the molecule is CC[C@@H](C)NC(=O)[C@H](NC(=O)c1ccccc1F)C1CCN(C(=O)c2ccco2)CC1. The zero-order valence-corrected chi connectivity index (χ0v) is 17.8. The summed E-state index contributed by atoms with van der Waals surface area (Å²) in [6.45, 7) is 4.72.